The van der Waals surface area contributed by atoms with Crippen LogP contribution in [0.15, 0.2) is 24.3 Å². The van der Waals surface area contributed by atoms with E-state index in [0.717, 1.165) is 5.69 Å². The predicted molar refractivity (Wildman–Crippen MR) is 73.8 cm³/mol. The van der Waals surface area contributed by atoms with E-state index in [1.54, 1.807) is 6.07 Å². The van der Waals surface area contributed by atoms with Gasteiger partial charge in [-0.2, -0.15) is 0 Å². The Bertz CT molecular complexity index is 387. The Kier molecular flexibility index (Phi) is 5.65. The molecule has 1 rings (SSSR count). The summed E-state index contributed by atoms with van der Waals surface area (Å²) in [5, 5.41) is 15.1. The number of aliphatic hydroxyl groups is 1. The third kappa shape index (κ3) is 4.37. The van der Waals surface area contributed by atoms with Crippen molar-refractivity contribution < 1.29 is 9.90 Å². The van der Waals surface area contributed by atoms with Crippen molar-refractivity contribution in [3.63, 3.8) is 0 Å². The van der Waals surface area contributed by atoms with E-state index in [0.29, 0.717) is 18.0 Å². The Morgan fingerprint density at radius 2 is 2.11 bits per heavy atom. The van der Waals surface area contributed by atoms with E-state index in [2.05, 4.69) is 10.6 Å². The maximum atomic E-state index is 12.0. The molecular formula is C14H22N2O2. The van der Waals surface area contributed by atoms with E-state index < -0.39 is 0 Å². The molecule has 0 aromatic heterocycles. The number of carbonyl (C=O) groups excluding carboxylic acids is 1. The lowest BCUT2D eigenvalue weighted by Gasteiger charge is -2.15. The van der Waals surface area contributed by atoms with Gasteiger partial charge in [0.15, 0.2) is 0 Å². The lowest BCUT2D eigenvalue weighted by Crippen LogP contribution is -2.36. The molecule has 1 aromatic carbocycles. The van der Waals surface area contributed by atoms with Crippen molar-refractivity contribution in [1.82, 2.24) is 5.32 Å². The summed E-state index contributed by atoms with van der Waals surface area (Å²) in [5.41, 5.74) is 1.53. The SMILES string of the molecule is CCC(CO)NC(=O)c1cccc(NC(C)C)c1. The summed E-state index contributed by atoms with van der Waals surface area (Å²) in [6.45, 7) is 5.99. The van der Waals surface area contributed by atoms with Gasteiger partial charge in [-0.25, -0.2) is 0 Å². The molecule has 0 radical (unpaired) electrons. The van der Waals surface area contributed by atoms with E-state index in [1.807, 2.05) is 39.0 Å². The van der Waals surface area contributed by atoms with E-state index in [1.165, 1.54) is 0 Å². The van der Waals surface area contributed by atoms with Gasteiger partial charge in [-0.3, -0.25) is 4.79 Å². The van der Waals surface area contributed by atoms with Gasteiger partial charge in [-0.1, -0.05) is 13.0 Å². The minimum absolute atomic E-state index is 0.0355. The number of rotatable bonds is 6. The molecule has 0 aliphatic rings. The van der Waals surface area contributed by atoms with E-state index in [4.69, 9.17) is 5.11 Å². The smallest absolute Gasteiger partial charge is 0.251 e. The van der Waals surface area contributed by atoms with Crippen LogP contribution < -0.4 is 10.6 Å². The van der Waals surface area contributed by atoms with E-state index >= 15 is 0 Å². The number of anilines is 1. The Balaban J connectivity index is 2.73. The average molecular weight is 250 g/mol. The van der Waals surface area contributed by atoms with Crippen LogP contribution in [0.2, 0.25) is 0 Å². The zero-order valence-corrected chi connectivity index (χ0v) is 11.2. The number of aliphatic hydroxyl groups excluding tert-OH is 1. The monoisotopic (exact) mass is 250 g/mol. The van der Waals surface area contributed by atoms with Crippen LogP contribution in [0.5, 0.6) is 0 Å². The van der Waals surface area contributed by atoms with Gasteiger partial charge in [-0.05, 0) is 38.5 Å². The van der Waals surface area contributed by atoms with Gasteiger partial charge in [0.2, 0.25) is 0 Å². The van der Waals surface area contributed by atoms with Crippen molar-refractivity contribution in [1.29, 1.82) is 0 Å². The van der Waals surface area contributed by atoms with Gasteiger partial charge in [0, 0.05) is 17.3 Å². The molecule has 0 heterocycles. The second kappa shape index (κ2) is 7.01. The standard InChI is InChI=1S/C14H22N2O2/c1-4-12(9-17)16-14(18)11-6-5-7-13(8-11)15-10(2)3/h5-8,10,12,15,17H,4,9H2,1-3H3,(H,16,18). The minimum Gasteiger partial charge on any atom is -0.394 e. The zero-order chi connectivity index (χ0) is 13.5. The van der Waals surface area contributed by atoms with Crippen molar-refractivity contribution >= 4 is 11.6 Å². The van der Waals surface area contributed by atoms with Gasteiger partial charge in [0.1, 0.15) is 0 Å². The molecule has 4 nitrogen and oxygen atoms in total. The van der Waals surface area contributed by atoms with Crippen molar-refractivity contribution in [2.45, 2.75) is 39.3 Å². The third-order valence-corrected chi connectivity index (χ3v) is 2.63. The maximum absolute atomic E-state index is 12.0. The fraction of sp³-hybridized carbons (Fsp3) is 0.500. The van der Waals surface area contributed by atoms with Crippen LogP contribution in [-0.4, -0.2) is 29.7 Å². The summed E-state index contributed by atoms with van der Waals surface area (Å²) < 4.78 is 0. The minimum atomic E-state index is -0.181. The van der Waals surface area contributed by atoms with Crippen molar-refractivity contribution in [3.05, 3.63) is 29.8 Å². The number of hydrogen-bond acceptors (Lipinski definition) is 3. The number of amides is 1. The van der Waals surface area contributed by atoms with Crippen LogP contribution >= 0.6 is 0 Å². The van der Waals surface area contributed by atoms with Crippen LogP contribution in [0.3, 0.4) is 0 Å². The highest BCUT2D eigenvalue weighted by atomic mass is 16.3. The second-order valence-corrected chi connectivity index (χ2v) is 4.64. The molecule has 4 heteroatoms. The van der Waals surface area contributed by atoms with E-state index in [-0.39, 0.29) is 18.6 Å². The third-order valence-electron chi connectivity index (χ3n) is 2.63. The lowest BCUT2D eigenvalue weighted by atomic mass is 10.1. The number of carbonyl (C=O) groups is 1. The molecule has 1 aromatic rings. The summed E-state index contributed by atoms with van der Waals surface area (Å²) in [7, 11) is 0. The Morgan fingerprint density at radius 3 is 2.67 bits per heavy atom. The average Bonchev–Trinajstić information content (AvgIpc) is 2.35. The Morgan fingerprint density at radius 1 is 1.39 bits per heavy atom. The number of nitrogens with one attached hydrogen (secondary N) is 2. The first-order valence-corrected chi connectivity index (χ1v) is 6.35. The Hall–Kier alpha value is -1.55. The van der Waals surface area contributed by atoms with Crippen molar-refractivity contribution in [3.8, 4) is 0 Å². The second-order valence-electron chi connectivity index (χ2n) is 4.64. The van der Waals surface area contributed by atoms with Crippen LogP contribution in [-0.2, 0) is 0 Å². The highest BCUT2D eigenvalue weighted by Crippen LogP contribution is 2.12. The first-order chi connectivity index (χ1) is 8.56. The zero-order valence-electron chi connectivity index (χ0n) is 11.2. The molecule has 0 bridgehead atoms. The van der Waals surface area contributed by atoms with Gasteiger partial charge < -0.3 is 15.7 Å². The van der Waals surface area contributed by atoms with Crippen LogP contribution in [0.1, 0.15) is 37.6 Å². The fourth-order valence-corrected chi connectivity index (χ4v) is 1.63. The molecule has 3 N–H and O–H groups in total. The Labute approximate surface area is 108 Å². The molecule has 0 spiro atoms. The van der Waals surface area contributed by atoms with Gasteiger partial charge in [-0.15, -0.1) is 0 Å². The molecule has 1 unspecified atom stereocenters. The van der Waals surface area contributed by atoms with Crippen molar-refractivity contribution in [2.24, 2.45) is 0 Å². The maximum Gasteiger partial charge on any atom is 0.251 e. The summed E-state index contributed by atoms with van der Waals surface area (Å²) in [6.07, 6.45) is 0.714. The normalized spacial score (nSPS) is 12.3. The van der Waals surface area contributed by atoms with E-state index in [9.17, 15) is 4.79 Å². The molecule has 0 saturated heterocycles. The molecular weight excluding hydrogens is 228 g/mol. The number of hydrogen-bond donors (Lipinski definition) is 3. The summed E-state index contributed by atoms with van der Waals surface area (Å²) in [4.78, 5) is 12.0. The fourth-order valence-electron chi connectivity index (χ4n) is 1.63. The largest absolute Gasteiger partial charge is 0.394 e. The number of benzene rings is 1. The quantitative estimate of drug-likeness (QED) is 0.723. The summed E-state index contributed by atoms with van der Waals surface area (Å²) >= 11 is 0. The molecule has 1 atom stereocenters. The topological polar surface area (TPSA) is 61.4 Å². The molecule has 0 saturated carbocycles. The molecule has 100 valence electrons. The predicted octanol–water partition coefficient (Wildman–Crippen LogP) is 2.01. The molecule has 18 heavy (non-hydrogen) atoms. The summed E-state index contributed by atoms with van der Waals surface area (Å²) in [5.74, 6) is -0.150. The lowest BCUT2D eigenvalue weighted by molar-refractivity contribution is 0.0915. The molecule has 0 aliphatic heterocycles. The highest BCUT2D eigenvalue weighted by Gasteiger charge is 2.11. The first kappa shape index (κ1) is 14.5. The van der Waals surface area contributed by atoms with Crippen LogP contribution in [0.25, 0.3) is 0 Å². The van der Waals surface area contributed by atoms with Crippen LogP contribution in [0.4, 0.5) is 5.69 Å². The van der Waals surface area contributed by atoms with Gasteiger partial charge >= 0.3 is 0 Å². The van der Waals surface area contributed by atoms with Crippen molar-refractivity contribution in [2.75, 3.05) is 11.9 Å². The molecule has 1 amide bonds. The van der Waals surface area contributed by atoms with Crippen LogP contribution in [0, 0.1) is 0 Å². The first-order valence-electron chi connectivity index (χ1n) is 6.35. The molecule has 0 fully saturated rings. The van der Waals surface area contributed by atoms with Gasteiger partial charge in [0.25, 0.3) is 5.91 Å². The molecule has 0 aliphatic carbocycles. The summed E-state index contributed by atoms with van der Waals surface area (Å²) in [6, 6.07) is 7.51. The highest BCUT2D eigenvalue weighted by molar-refractivity contribution is 5.95. The van der Waals surface area contributed by atoms with Gasteiger partial charge in [0.05, 0.1) is 12.6 Å².